The topological polar surface area (TPSA) is 17.1 Å². The number of carbonyl (C=O) groups is 1. The van der Waals surface area contributed by atoms with Crippen LogP contribution in [0.5, 0.6) is 0 Å². The summed E-state index contributed by atoms with van der Waals surface area (Å²) in [6.45, 7) is 2.37. The normalized spacial score (nSPS) is 49.9. The van der Waals surface area contributed by atoms with Gasteiger partial charge in [0.25, 0.3) is 0 Å². The lowest BCUT2D eigenvalue weighted by Gasteiger charge is -2.30. The first-order valence-corrected chi connectivity index (χ1v) is 7.40. The SMILES string of the molecule is C[C@@]12CS[C@@H]3CCCCC[C@@H](C(=O)C1)[C@H]32. The van der Waals surface area contributed by atoms with Crippen molar-refractivity contribution in [3.8, 4) is 0 Å². The molecule has 0 aromatic rings. The van der Waals surface area contributed by atoms with Crippen LogP contribution in [0.2, 0.25) is 0 Å². The first kappa shape index (κ1) is 10.2. The molecule has 0 N–H and O–H groups in total. The standard InChI is InChI=1S/C13H20OS/c1-13-7-10(14)9-5-3-2-4-6-11(12(9)13)15-8-13/h9,11-12H,2-8H2,1H3/t9-,11+,12+,13-/m0/s1. The van der Waals surface area contributed by atoms with Crippen LogP contribution in [0, 0.1) is 17.3 Å². The lowest BCUT2D eigenvalue weighted by molar-refractivity contribution is -0.121. The molecule has 2 saturated carbocycles. The van der Waals surface area contributed by atoms with Crippen LogP contribution in [0.3, 0.4) is 0 Å². The average molecular weight is 224 g/mol. The van der Waals surface area contributed by atoms with Gasteiger partial charge in [0, 0.05) is 17.6 Å². The van der Waals surface area contributed by atoms with Gasteiger partial charge in [-0.3, -0.25) is 4.79 Å². The minimum atomic E-state index is 0.369. The van der Waals surface area contributed by atoms with E-state index in [2.05, 4.69) is 18.7 Å². The lowest BCUT2D eigenvalue weighted by atomic mass is 9.73. The van der Waals surface area contributed by atoms with Crippen LogP contribution in [-0.2, 0) is 4.79 Å². The van der Waals surface area contributed by atoms with Gasteiger partial charge in [-0.2, -0.15) is 11.8 Å². The Morgan fingerprint density at radius 2 is 2.07 bits per heavy atom. The molecule has 84 valence electrons. The van der Waals surface area contributed by atoms with Gasteiger partial charge in [0.1, 0.15) is 5.78 Å². The number of Topliss-reactive ketones (excluding diaryl/α,β-unsaturated/α-hetero) is 1. The molecule has 3 fully saturated rings. The fourth-order valence-electron chi connectivity index (χ4n) is 4.08. The third kappa shape index (κ3) is 1.48. The van der Waals surface area contributed by atoms with E-state index in [9.17, 15) is 4.79 Å². The van der Waals surface area contributed by atoms with Crippen molar-refractivity contribution in [3.63, 3.8) is 0 Å². The zero-order valence-corrected chi connectivity index (χ0v) is 10.3. The van der Waals surface area contributed by atoms with Crippen LogP contribution in [0.1, 0.15) is 45.4 Å². The Labute approximate surface area is 96.4 Å². The predicted molar refractivity (Wildman–Crippen MR) is 64.0 cm³/mol. The fourth-order valence-corrected chi connectivity index (χ4v) is 6.03. The molecule has 3 rings (SSSR count). The number of hydrogen-bond donors (Lipinski definition) is 0. The van der Waals surface area contributed by atoms with E-state index in [0.29, 0.717) is 17.1 Å². The first-order chi connectivity index (χ1) is 7.21. The van der Waals surface area contributed by atoms with Gasteiger partial charge in [0.05, 0.1) is 0 Å². The summed E-state index contributed by atoms with van der Waals surface area (Å²) in [6.07, 6.45) is 7.48. The van der Waals surface area contributed by atoms with Crippen LogP contribution in [-0.4, -0.2) is 16.8 Å². The summed E-state index contributed by atoms with van der Waals surface area (Å²) >= 11 is 2.16. The van der Waals surface area contributed by atoms with Crippen LogP contribution in [0.4, 0.5) is 0 Å². The second-order valence-electron chi connectivity index (χ2n) is 5.92. The molecule has 1 saturated heterocycles. The Balaban J connectivity index is 1.92. The second kappa shape index (κ2) is 3.51. The fraction of sp³-hybridized carbons (Fsp3) is 0.923. The van der Waals surface area contributed by atoms with Gasteiger partial charge in [-0.1, -0.05) is 26.2 Å². The Morgan fingerprint density at radius 3 is 2.93 bits per heavy atom. The third-order valence-electron chi connectivity index (χ3n) is 4.76. The highest BCUT2D eigenvalue weighted by molar-refractivity contribution is 8.00. The van der Waals surface area contributed by atoms with Gasteiger partial charge >= 0.3 is 0 Å². The Kier molecular flexibility index (Phi) is 2.39. The van der Waals surface area contributed by atoms with Gasteiger partial charge in [-0.05, 0) is 29.9 Å². The number of carbonyl (C=O) groups excluding carboxylic acids is 1. The molecule has 0 aromatic heterocycles. The molecule has 1 nitrogen and oxygen atoms in total. The van der Waals surface area contributed by atoms with E-state index in [1.807, 2.05) is 0 Å². The Morgan fingerprint density at radius 1 is 1.27 bits per heavy atom. The predicted octanol–water partition coefficient (Wildman–Crippen LogP) is 3.28. The molecule has 4 atom stereocenters. The average Bonchev–Trinajstić information content (AvgIpc) is 2.53. The number of rotatable bonds is 0. The highest BCUT2D eigenvalue weighted by atomic mass is 32.2. The van der Waals surface area contributed by atoms with E-state index in [4.69, 9.17) is 0 Å². The van der Waals surface area contributed by atoms with E-state index in [-0.39, 0.29) is 0 Å². The molecule has 0 unspecified atom stereocenters. The summed E-state index contributed by atoms with van der Waals surface area (Å²) < 4.78 is 0. The van der Waals surface area contributed by atoms with Crippen molar-refractivity contribution in [2.75, 3.05) is 5.75 Å². The molecule has 15 heavy (non-hydrogen) atoms. The minimum absolute atomic E-state index is 0.369. The number of hydrogen-bond acceptors (Lipinski definition) is 2. The maximum atomic E-state index is 12.1. The van der Waals surface area contributed by atoms with Crippen LogP contribution >= 0.6 is 11.8 Å². The van der Waals surface area contributed by atoms with E-state index >= 15 is 0 Å². The third-order valence-corrected chi connectivity index (χ3v) is 6.54. The number of ketones is 1. The zero-order valence-electron chi connectivity index (χ0n) is 9.50. The van der Waals surface area contributed by atoms with E-state index in [1.54, 1.807) is 0 Å². The van der Waals surface area contributed by atoms with Crippen LogP contribution in [0.15, 0.2) is 0 Å². The Hall–Kier alpha value is 0.0200. The minimum Gasteiger partial charge on any atom is -0.299 e. The number of thioether (sulfide) groups is 1. The van der Waals surface area contributed by atoms with Crippen molar-refractivity contribution in [3.05, 3.63) is 0 Å². The summed E-state index contributed by atoms with van der Waals surface area (Å²) in [7, 11) is 0. The maximum absolute atomic E-state index is 12.1. The summed E-state index contributed by atoms with van der Waals surface area (Å²) in [5.41, 5.74) is 0.369. The van der Waals surface area contributed by atoms with Crippen LogP contribution in [0.25, 0.3) is 0 Å². The molecule has 1 heterocycles. The van der Waals surface area contributed by atoms with Gasteiger partial charge in [0.2, 0.25) is 0 Å². The van der Waals surface area contributed by atoms with Crippen molar-refractivity contribution >= 4 is 17.5 Å². The van der Waals surface area contributed by atoms with Gasteiger partial charge in [-0.15, -0.1) is 0 Å². The van der Waals surface area contributed by atoms with Crippen molar-refractivity contribution < 1.29 is 4.79 Å². The molecule has 0 aromatic carbocycles. The van der Waals surface area contributed by atoms with Crippen LogP contribution < -0.4 is 0 Å². The highest BCUT2D eigenvalue weighted by Gasteiger charge is 2.56. The molecule has 2 heteroatoms. The molecule has 3 aliphatic rings. The molecule has 1 aliphatic heterocycles. The summed E-state index contributed by atoms with van der Waals surface area (Å²) in [6, 6.07) is 0. The molecule has 0 bridgehead atoms. The van der Waals surface area contributed by atoms with E-state index < -0.39 is 0 Å². The van der Waals surface area contributed by atoms with Gasteiger partial charge in [-0.25, -0.2) is 0 Å². The molecule has 0 amide bonds. The molecular formula is C13H20OS. The van der Waals surface area contributed by atoms with E-state index in [0.717, 1.165) is 17.6 Å². The van der Waals surface area contributed by atoms with E-state index in [1.165, 1.54) is 37.9 Å². The zero-order chi connectivity index (χ0) is 10.5. The van der Waals surface area contributed by atoms with Crippen molar-refractivity contribution in [2.24, 2.45) is 17.3 Å². The maximum Gasteiger partial charge on any atom is 0.136 e. The van der Waals surface area contributed by atoms with Gasteiger partial charge in [0.15, 0.2) is 0 Å². The van der Waals surface area contributed by atoms with Crippen molar-refractivity contribution in [1.29, 1.82) is 0 Å². The molecular weight excluding hydrogens is 204 g/mol. The highest BCUT2D eigenvalue weighted by Crippen LogP contribution is 2.59. The van der Waals surface area contributed by atoms with Crippen molar-refractivity contribution in [2.45, 2.75) is 50.7 Å². The first-order valence-electron chi connectivity index (χ1n) is 6.35. The second-order valence-corrected chi connectivity index (χ2v) is 7.14. The molecule has 0 spiro atoms. The van der Waals surface area contributed by atoms with Gasteiger partial charge < -0.3 is 0 Å². The Bertz CT molecular complexity index is 288. The summed E-state index contributed by atoms with van der Waals surface area (Å²) in [4.78, 5) is 12.1. The summed E-state index contributed by atoms with van der Waals surface area (Å²) in [5, 5.41) is 0.812. The van der Waals surface area contributed by atoms with Crippen molar-refractivity contribution in [1.82, 2.24) is 0 Å². The monoisotopic (exact) mass is 224 g/mol. The lowest BCUT2D eigenvalue weighted by Crippen LogP contribution is -2.29. The largest absolute Gasteiger partial charge is 0.299 e. The summed E-state index contributed by atoms with van der Waals surface area (Å²) in [5.74, 6) is 3.00. The quantitative estimate of drug-likeness (QED) is 0.628. The molecule has 0 radical (unpaired) electrons. The smallest absolute Gasteiger partial charge is 0.136 e. The molecule has 2 aliphatic carbocycles.